The summed E-state index contributed by atoms with van der Waals surface area (Å²) in [4.78, 5) is 9.63. The molecule has 0 aliphatic carbocycles. The normalized spacial score (nSPS) is 10.1. The van der Waals surface area contributed by atoms with E-state index in [9.17, 15) is 10.1 Å². The number of nitro groups is 1. The number of rotatable bonds is 4. The summed E-state index contributed by atoms with van der Waals surface area (Å²) in [5.41, 5.74) is 0. The third-order valence-corrected chi connectivity index (χ3v) is 1.45. The maximum Gasteiger partial charge on any atom is 0.410 e. The molecule has 0 unspecified atom stereocenters. The summed E-state index contributed by atoms with van der Waals surface area (Å²) < 4.78 is 1.49. The van der Waals surface area contributed by atoms with Gasteiger partial charge in [-0.25, -0.2) is 4.68 Å². The van der Waals surface area contributed by atoms with Gasteiger partial charge in [-0.2, -0.15) is 0 Å². The lowest BCUT2D eigenvalue weighted by Gasteiger charge is -1.92. The summed E-state index contributed by atoms with van der Waals surface area (Å²) in [6, 6.07) is 0. The van der Waals surface area contributed by atoms with Gasteiger partial charge in [-0.1, -0.05) is 13.3 Å². The third kappa shape index (κ3) is 2.01. The Morgan fingerprint density at radius 3 is 3.00 bits per heavy atom. The smallest absolute Gasteiger partial charge is 0.358 e. The molecule has 0 aromatic carbocycles. The minimum absolute atomic E-state index is 0.189. The van der Waals surface area contributed by atoms with Crippen LogP contribution >= 0.6 is 0 Å². The third-order valence-electron chi connectivity index (χ3n) is 1.45. The molecule has 6 heteroatoms. The topological polar surface area (TPSA) is 73.8 Å². The predicted molar refractivity (Wildman–Crippen MR) is 41.6 cm³/mol. The molecule has 0 fully saturated rings. The second-order valence-corrected chi connectivity index (χ2v) is 2.45. The molecule has 1 aromatic rings. The highest BCUT2D eigenvalue weighted by Gasteiger charge is 2.10. The zero-order valence-electron chi connectivity index (χ0n) is 6.80. The van der Waals surface area contributed by atoms with Gasteiger partial charge < -0.3 is 10.1 Å². The monoisotopic (exact) mass is 170 g/mol. The second-order valence-electron chi connectivity index (χ2n) is 2.45. The number of aromatic nitrogens is 3. The maximum absolute atomic E-state index is 10.2. The van der Waals surface area contributed by atoms with E-state index in [1.165, 1.54) is 10.9 Å². The predicted octanol–water partition coefficient (Wildman–Crippen LogP) is 0.986. The van der Waals surface area contributed by atoms with Gasteiger partial charge in [0.2, 0.25) is 0 Å². The van der Waals surface area contributed by atoms with E-state index in [-0.39, 0.29) is 5.82 Å². The first-order chi connectivity index (χ1) is 5.74. The lowest BCUT2D eigenvalue weighted by Crippen LogP contribution is -1.97. The zero-order chi connectivity index (χ0) is 8.97. The van der Waals surface area contributed by atoms with E-state index in [0.29, 0.717) is 6.54 Å². The van der Waals surface area contributed by atoms with Crippen LogP contribution in [-0.4, -0.2) is 19.9 Å². The molecule has 0 spiro atoms. The Balaban J connectivity index is 2.58. The number of nitrogens with zero attached hydrogens (tertiary/aromatic N) is 4. The van der Waals surface area contributed by atoms with Crippen molar-refractivity contribution in [2.45, 2.75) is 26.3 Å². The Kier molecular flexibility index (Phi) is 2.73. The summed E-state index contributed by atoms with van der Waals surface area (Å²) >= 11 is 0. The van der Waals surface area contributed by atoms with Crippen LogP contribution in [0.2, 0.25) is 0 Å². The molecule has 1 heterocycles. The van der Waals surface area contributed by atoms with Crippen molar-refractivity contribution in [2.24, 2.45) is 0 Å². The molecule has 0 saturated heterocycles. The Morgan fingerprint density at radius 2 is 2.50 bits per heavy atom. The fourth-order valence-corrected chi connectivity index (χ4v) is 0.801. The molecule has 12 heavy (non-hydrogen) atoms. The molecule has 1 rings (SSSR count). The van der Waals surface area contributed by atoms with Gasteiger partial charge in [0.1, 0.15) is 11.3 Å². The number of hydrogen-bond donors (Lipinski definition) is 0. The molecule has 1 aromatic heterocycles. The van der Waals surface area contributed by atoms with E-state index in [1.807, 2.05) is 6.92 Å². The van der Waals surface area contributed by atoms with E-state index in [4.69, 9.17) is 0 Å². The van der Waals surface area contributed by atoms with Crippen LogP contribution < -0.4 is 0 Å². The van der Waals surface area contributed by atoms with Crippen LogP contribution in [0.4, 0.5) is 5.82 Å². The lowest BCUT2D eigenvalue weighted by molar-refractivity contribution is -0.389. The second kappa shape index (κ2) is 3.80. The SMILES string of the molecule is CCCCn1cc([N+](=O)[O-])nn1. The summed E-state index contributed by atoms with van der Waals surface area (Å²) in [5, 5.41) is 17.2. The maximum atomic E-state index is 10.2. The molecular formula is C6H10N4O2. The zero-order valence-corrected chi connectivity index (χ0v) is 6.80. The van der Waals surface area contributed by atoms with E-state index >= 15 is 0 Å². The lowest BCUT2D eigenvalue weighted by atomic mass is 10.3. The fourth-order valence-electron chi connectivity index (χ4n) is 0.801. The summed E-state index contributed by atoms with van der Waals surface area (Å²) in [5.74, 6) is -0.189. The molecule has 0 aliphatic rings. The van der Waals surface area contributed by atoms with Crippen LogP contribution in [0.3, 0.4) is 0 Å². The summed E-state index contributed by atoms with van der Waals surface area (Å²) in [6.07, 6.45) is 3.34. The first-order valence-electron chi connectivity index (χ1n) is 3.78. The Bertz CT molecular complexity index is 270. The highest BCUT2D eigenvalue weighted by molar-refractivity contribution is 5.08. The van der Waals surface area contributed by atoms with Gasteiger partial charge in [0.25, 0.3) is 0 Å². The molecule has 6 nitrogen and oxygen atoms in total. The van der Waals surface area contributed by atoms with Crippen molar-refractivity contribution in [3.05, 3.63) is 16.3 Å². The number of unbranched alkanes of at least 4 members (excludes halogenated alkanes) is 1. The quantitative estimate of drug-likeness (QED) is 0.498. The van der Waals surface area contributed by atoms with Gasteiger partial charge in [-0.05, 0) is 11.3 Å². The molecule has 0 N–H and O–H groups in total. The van der Waals surface area contributed by atoms with Crippen LogP contribution in [0, 0.1) is 10.1 Å². The Labute approximate surface area is 69.3 Å². The molecule has 0 bridgehead atoms. The number of aryl methyl sites for hydroxylation is 1. The Morgan fingerprint density at radius 1 is 1.75 bits per heavy atom. The first kappa shape index (κ1) is 8.63. The van der Waals surface area contributed by atoms with Crippen LogP contribution in [0.5, 0.6) is 0 Å². The van der Waals surface area contributed by atoms with Gasteiger partial charge in [-0.3, -0.25) is 0 Å². The molecule has 0 atom stereocenters. The molecule has 0 saturated carbocycles. The van der Waals surface area contributed by atoms with Crippen molar-refractivity contribution in [3.63, 3.8) is 0 Å². The largest absolute Gasteiger partial charge is 0.410 e. The summed E-state index contributed by atoms with van der Waals surface area (Å²) in [6.45, 7) is 2.74. The molecule has 0 radical (unpaired) electrons. The van der Waals surface area contributed by atoms with Gasteiger partial charge in [0, 0.05) is 6.54 Å². The van der Waals surface area contributed by atoms with Gasteiger partial charge in [0.05, 0.1) is 5.21 Å². The molecule has 0 aliphatic heterocycles. The first-order valence-corrected chi connectivity index (χ1v) is 3.78. The van der Waals surface area contributed by atoms with E-state index in [1.54, 1.807) is 0 Å². The van der Waals surface area contributed by atoms with Crippen LogP contribution in [0.25, 0.3) is 0 Å². The van der Waals surface area contributed by atoms with Crippen LogP contribution in [-0.2, 0) is 6.54 Å². The van der Waals surface area contributed by atoms with Crippen molar-refractivity contribution in [2.75, 3.05) is 0 Å². The fraction of sp³-hybridized carbons (Fsp3) is 0.667. The minimum atomic E-state index is -0.546. The number of hydrogen-bond acceptors (Lipinski definition) is 4. The Hall–Kier alpha value is -1.46. The van der Waals surface area contributed by atoms with Gasteiger partial charge >= 0.3 is 5.82 Å². The van der Waals surface area contributed by atoms with Crippen molar-refractivity contribution in [1.29, 1.82) is 0 Å². The van der Waals surface area contributed by atoms with E-state index in [2.05, 4.69) is 10.3 Å². The molecular weight excluding hydrogens is 160 g/mol. The highest BCUT2D eigenvalue weighted by atomic mass is 16.6. The highest BCUT2D eigenvalue weighted by Crippen LogP contribution is 2.03. The summed E-state index contributed by atoms with van der Waals surface area (Å²) in [7, 11) is 0. The van der Waals surface area contributed by atoms with Crippen molar-refractivity contribution >= 4 is 5.82 Å². The van der Waals surface area contributed by atoms with Crippen molar-refractivity contribution < 1.29 is 4.92 Å². The average Bonchev–Trinajstić information content (AvgIpc) is 2.48. The van der Waals surface area contributed by atoms with Gasteiger partial charge in [0.15, 0.2) is 0 Å². The van der Waals surface area contributed by atoms with Crippen LogP contribution in [0.1, 0.15) is 19.8 Å². The average molecular weight is 170 g/mol. The molecule has 0 amide bonds. The van der Waals surface area contributed by atoms with E-state index in [0.717, 1.165) is 12.8 Å². The standard InChI is InChI=1S/C6H10N4O2/c1-2-3-4-9-5-6(7-8-9)10(11)12/h5H,2-4H2,1H3. The van der Waals surface area contributed by atoms with E-state index < -0.39 is 4.92 Å². The van der Waals surface area contributed by atoms with Gasteiger partial charge in [-0.15, -0.1) is 0 Å². The van der Waals surface area contributed by atoms with Crippen LogP contribution in [0.15, 0.2) is 6.20 Å². The molecule has 66 valence electrons. The minimum Gasteiger partial charge on any atom is -0.358 e. The van der Waals surface area contributed by atoms with Crippen molar-refractivity contribution in [3.8, 4) is 0 Å². The van der Waals surface area contributed by atoms with Crippen molar-refractivity contribution in [1.82, 2.24) is 15.0 Å².